The van der Waals surface area contributed by atoms with Crippen molar-refractivity contribution in [3.8, 4) is 0 Å². The van der Waals surface area contributed by atoms with E-state index in [1.54, 1.807) is 6.20 Å². The summed E-state index contributed by atoms with van der Waals surface area (Å²) in [4.78, 5) is 28.1. The van der Waals surface area contributed by atoms with E-state index in [2.05, 4.69) is 30.9 Å². The highest BCUT2D eigenvalue weighted by Gasteiger charge is 2.52. The molecule has 0 unspecified atom stereocenters. The van der Waals surface area contributed by atoms with Crippen molar-refractivity contribution in [3.63, 3.8) is 0 Å². The fraction of sp³-hybridized carbons (Fsp3) is 0.789. The Morgan fingerprint density at radius 1 is 1.32 bits per heavy atom. The molecule has 9 nitrogen and oxygen atoms in total. The van der Waals surface area contributed by atoms with E-state index in [1.165, 1.54) is 0 Å². The summed E-state index contributed by atoms with van der Waals surface area (Å²) in [5, 5.41) is 16.7. The molecule has 4 rings (SSSR count). The van der Waals surface area contributed by atoms with Crippen molar-refractivity contribution in [2.75, 3.05) is 32.8 Å². The molecule has 0 aromatic carbocycles. The van der Waals surface area contributed by atoms with Gasteiger partial charge in [-0.25, -0.2) is 0 Å². The first-order valence-electron chi connectivity index (χ1n) is 10.4. The zero-order valence-electron chi connectivity index (χ0n) is 16.3. The van der Waals surface area contributed by atoms with Crippen LogP contribution in [0, 0.1) is 5.92 Å². The van der Waals surface area contributed by atoms with Crippen molar-refractivity contribution in [1.29, 1.82) is 0 Å². The number of hydrogen-bond donors (Lipinski definition) is 3. The summed E-state index contributed by atoms with van der Waals surface area (Å²) < 4.78 is 5.36. The van der Waals surface area contributed by atoms with Gasteiger partial charge in [-0.3, -0.25) is 14.5 Å². The van der Waals surface area contributed by atoms with E-state index in [0.717, 1.165) is 50.9 Å². The highest BCUT2D eigenvalue weighted by molar-refractivity contribution is 5.87. The average molecular weight is 390 g/mol. The molecule has 3 N–H and O–H groups in total. The molecule has 0 radical (unpaired) electrons. The van der Waals surface area contributed by atoms with Gasteiger partial charge in [-0.1, -0.05) is 0 Å². The molecule has 3 saturated heterocycles. The lowest BCUT2D eigenvalue weighted by molar-refractivity contribution is -0.134. The number of amides is 2. The van der Waals surface area contributed by atoms with Crippen molar-refractivity contribution >= 4 is 11.8 Å². The largest absolute Gasteiger partial charge is 0.381 e. The van der Waals surface area contributed by atoms with E-state index in [-0.39, 0.29) is 23.8 Å². The van der Waals surface area contributed by atoms with E-state index in [0.29, 0.717) is 32.6 Å². The highest BCUT2D eigenvalue weighted by atomic mass is 16.5. The predicted molar refractivity (Wildman–Crippen MR) is 101 cm³/mol. The van der Waals surface area contributed by atoms with Gasteiger partial charge in [0.2, 0.25) is 11.8 Å². The Kier molecular flexibility index (Phi) is 5.91. The lowest BCUT2D eigenvalue weighted by Gasteiger charge is -2.40. The molecule has 0 bridgehead atoms. The van der Waals surface area contributed by atoms with Crippen LogP contribution in [0.5, 0.6) is 0 Å². The molecule has 0 aliphatic carbocycles. The van der Waals surface area contributed by atoms with Crippen LogP contribution < -0.4 is 10.6 Å². The number of piperidine rings is 1. The maximum absolute atomic E-state index is 13.1. The number of aromatic nitrogens is 3. The number of nitrogens with one attached hydrogen (secondary N) is 3. The molecular formula is C19H30N6O3. The van der Waals surface area contributed by atoms with Gasteiger partial charge in [-0.05, 0) is 45.1 Å². The number of ether oxygens (including phenoxy) is 1. The molecule has 0 spiro atoms. The lowest BCUT2D eigenvalue weighted by atomic mass is 9.84. The van der Waals surface area contributed by atoms with Gasteiger partial charge in [-0.2, -0.15) is 15.4 Å². The van der Waals surface area contributed by atoms with Gasteiger partial charge in [0.25, 0.3) is 0 Å². The maximum atomic E-state index is 13.1. The van der Waals surface area contributed by atoms with Crippen LogP contribution >= 0.6 is 0 Å². The van der Waals surface area contributed by atoms with Crippen LogP contribution in [-0.4, -0.2) is 76.6 Å². The van der Waals surface area contributed by atoms with Gasteiger partial charge in [0.1, 0.15) is 5.54 Å². The second kappa shape index (κ2) is 8.57. The quantitative estimate of drug-likeness (QED) is 0.631. The summed E-state index contributed by atoms with van der Waals surface area (Å²) in [6, 6.07) is 0.0368. The van der Waals surface area contributed by atoms with E-state index >= 15 is 0 Å². The third-order valence-electron chi connectivity index (χ3n) is 6.39. The molecule has 4 heterocycles. The molecule has 1 aromatic heterocycles. The topological polar surface area (TPSA) is 112 Å². The number of H-pyrrole nitrogens is 1. The third kappa shape index (κ3) is 4.05. The SMILES string of the molecule is O=C(N[C@@H]1CN2CCCC[C@]2(C(=O)NCCc2cn[nH]n2)C1)C1CCOCC1. The molecule has 3 fully saturated rings. The van der Waals surface area contributed by atoms with E-state index in [9.17, 15) is 9.59 Å². The van der Waals surface area contributed by atoms with Gasteiger partial charge in [-0.15, -0.1) is 0 Å². The fourth-order valence-corrected chi connectivity index (χ4v) is 4.87. The number of hydrogen-bond acceptors (Lipinski definition) is 6. The van der Waals surface area contributed by atoms with Crippen molar-refractivity contribution in [2.24, 2.45) is 5.92 Å². The van der Waals surface area contributed by atoms with Gasteiger partial charge >= 0.3 is 0 Å². The third-order valence-corrected chi connectivity index (χ3v) is 6.39. The van der Waals surface area contributed by atoms with Crippen LogP contribution in [0.1, 0.15) is 44.2 Å². The number of fused-ring (bicyclic) bond motifs is 1. The minimum Gasteiger partial charge on any atom is -0.381 e. The normalized spacial score (nSPS) is 28.6. The Bertz CT molecular complexity index is 675. The van der Waals surface area contributed by atoms with Crippen LogP contribution in [0.2, 0.25) is 0 Å². The van der Waals surface area contributed by atoms with Gasteiger partial charge in [0, 0.05) is 44.7 Å². The second-order valence-corrected chi connectivity index (χ2v) is 8.20. The number of nitrogens with zero attached hydrogens (tertiary/aromatic N) is 3. The average Bonchev–Trinajstić information content (AvgIpc) is 3.36. The maximum Gasteiger partial charge on any atom is 0.240 e. The van der Waals surface area contributed by atoms with E-state index in [4.69, 9.17) is 4.74 Å². The van der Waals surface area contributed by atoms with Crippen LogP contribution in [0.4, 0.5) is 0 Å². The molecule has 3 aliphatic heterocycles. The second-order valence-electron chi connectivity index (χ2n) is 8.20. The zero-order valence-corrected chi connectivity index (χ0v) is 16.3. The summed E-state index contributed by atoms with van der Waals surface area (Å²) in [5.41, 5.74) is 0.349. The van der Waals surface area contributed by atoms with E-state index in [1.807, 2.05) is 0 Å². The summed E-state index contributed by atoms with van der Waals surface area (Å²) in [6.45, 7) is 3.53. The monoisotopic (exact) mass is 390 g/mol. The van der Waals surface area contributed by atoms with E-state index < -0.39 is 5.54 Å². The minimum absolute atomic E-state index is 0.0368. The first kappa shape index (κ1) is 19.3. The summed E-state index contributed by atoms with van der Waals surface area (Å²) >= 11 is 0. The lowest BCUT2D eigenvalue weighted by Crippen LogP contribution is -2.57. The van der Waals surface area contributed by atoms with Gasteiger partial charge in [0.15, 0.2) is 0 Å². The number of carbonyl (C=O) groups excluding carboxylic acids is 2. The van der Waals surface area contributed by atoms with Crippen LogP contribution in [0.15, 0.2) is 6.20 Å². The Balaban J connectivity index is 1.35. The molecule has 2 atom stereocenters. The van der Waals surface area contributed by atoms with Gasteiger partial charge < -0.3 is 15.4 Å². The molecule has 28 heavy (non-hydrogen) atoms. The summed E-state index contributed by atoms with van der Waals surface area (Å²) in [7, 11) is 0. The van der Waals surface area contributed by atoms with Crippen LogP contribution in [-0.2, 0) is 20.7 Å². The Morgan fingerprint density at radius 3 is 2.96 bits per heavy atom. The first-order valence-corrected chi connectivity index (χ1v) is 10.4. The molecule has 9 heteroatoms. The minimum atomic E-state index is -0.490. The molecule has 1 aromatic rings. The molecule has 3 aliphatic rings. The predicted octanol–water partition coefficient (Wildman–Crippen LogP) is 0.00320. The van der Waals surface area contributed by atoms with Crippen molar-refractivity contribution in [3.05, 3.63) is 11.9 Å². The van der Waals surface area contributed by atoms with Crippen LogP contribution in [0.3, 0.4) is 0 Å². The van der Waals surface area contributed by atoms with Crippen molar-refractivity contribution < 1.29 is 14.3 Å². The molecule has 154 valence electrons. The molecule has 2 amide bonds. The smallest absolute Gasteiger partial charge is 0.240 e. The van der Waals surface area contributed by atoms with Gasteiger partial charge in [0.05, 0.1) is 11.9 Å². The Labute approximate surface area is 164 Å². The number of rotatable bonds is 6. The standard InChI is InChI=1S/C19H30N6O3/c26-17(14-4-9-28-10-5-14)22-16-11-19(6-1-2-8-25(19)13-16)18(27)20-7-3-15-12-21-24-23-15/h12,14,16H,1-11,13H2,(H,20,27)(H,22,26)(H,21,23,24)/t16-,19+/m0/s1. The fourth-order valence-electron chi connectivity index (χ4n) is 4.87. The first-order chi connectivity index (χ1) is 13.7. The number of aromatic amines is 1. The summed E-state index contributed by atoms with van der Waals surface area (Å²) in [6.07, 6.45) is 7.61. The van der Waals surface area contributed by atoms with Crippen LogP contribution in [0.25, 0.3) is 0 Å². The Hall–Kier alpha value is -2.00. The summed E-state index contributed by atoms with van der Waals surface area (Å²) in [5.74, 6) is 0.242. The highest BCUT2D eigenvalue weighted by Crippen LogP contribution is 2.38. The van der Waals surface area contributed by atoms with Crippen molar-refractivity contribution in [2.45, 2.75) is 56.5 Å². The zero-order chi connectivity index (χ0) is 19.4. The molecular weight excluding hydrogens is 360 g/mol. The van der Waals surface area contributed by atoms with Crippen molar-refractivity contribution in [1.82, 2.24) is 30.9 Å². The number of carbonyl (C=O) groups is 2. The molecule has 0 saturated carbocycles. The Morgan fingerprint density at radius 2 is 2.18 bits per heavy atom.